The van der Waals surface area contributed by atoms with E-state index in [0.29, 0.717) is 11.3 Å². The molecule has 2 atom stereocenters. The number of carbonyl (C=O) groups is 1. The zero-order valence-electron chi connectivity index (χ0n) is 9.98. The van der Waals surface area contributed by atoms with Gasteiger partial charge in [0.1, 0.15) is 6.10 Å². The van der Waals surface area contributed by atoms with Gasteiger partial charge in [0.05, 0.1) is 5.56 Å². The number of ether oxygens (including phenoxy) is 1. The Bertz CT molecular complexity index is 400. The first-order valence-corrected chi connectivity index (χ1v) is 5.97. The summed E-state index contributed by atoms with van der Waals surface area (Å²) in [6, 6.07) is 7.24. The van der Waals surface area contributed by atoms with Gasteiger partial charge in [-0.25, -0.2) is 4.79 Å². The average molecular weight is 234 g/mol. The Morgan fingerprint density at radius 1 is 1.53 bits per heavy atom. The number of rotatable bonds is 3. The molecule has 0 spiro atoms. The predicted molar refractivity (Wildman–Crippen MR) is 66.8 cm³/mol. The van der Waals surface area contributed by atoms with Crippen molar-refractivity contribution in [1.29, 1.82) is 0 Å². The van der Waals surface area contributed by atoms with Gasteiger partial charge in [0.25, 0.3) is 0 Å². The van der Waals surface area contributed by atoms with Crippen molar-refractivity contribution in [3.63, 3.8) is 0 Å². The highest BCUT2D eigenvalue weighted by atomic mass is 16.5. The fourth-order valence-corrected chi connectivity index (χ4v) is 2.11. The molecule has 17 heavy (non-hydrogen) atoms. The number of nitrogen functional groups attached to an aromatic ring is 1. The molecule has 92 valence electrons. The predicted octanol–water partition coefficient (Wildman–Crippen LogP) is 1.57. The molecule has 1 fully saturated rings. The summed E-state index contributed by atoms with van der Waals surface area (Å²) in [5, 5.41) is 3.32. The largest absolute Gasteiger partial charge is 0.457 e. The second kappa shape index (κ2) is 5.19. The SMILES string of the molecule is CC(OC(=O)c1ccccc1N)C1CCCN1. The second-order valence-corrected chi connectivity index (χ2v) is 4.40. The zero-order chi connectivity index (χ0) is 12.3. The molecule has 0 aliphatic carbocycles. The summed E-state index contributed by atoms with van der Waals surface area (Å²) in [5.41, 5.74) is 6.64. The van der Waals surface area contributed by atoms with E-state index in [2.05, 4.69) is 5.32 Å². The third-order valence-electron chi connectivity index (χ3n) is 3.14. The highest BCUT2D eigenvalue weighted by Gasteiger charge is 2.24. The highest BCUT2D eigenvalue weighted by molar-refractivity contribution is 5.95. The Hall–Kier alpha value is -1.55. The molecule has 1 aromatic carbocycles. The van der Waals surface area contributed by atoms with Crippen molar-refractivity contribution >= 4 is 11.7 Å². The van der Waals surface area contributed by atoms with Crippen LogP contribution in [0.5, 0.6) is 0 Å². The van der Waals surface area contributed by atoms with Gasteiger partial charge in [0.15, 0.2) is 0 Å². The molecule has 0 bridgehead atoms. The number of nitrogens with one attached hydrogen (secondary N) is 1. The molecule has 0 saturated carbocycles. The molecule has 4 heteroatoms. The molecule has 1 heterocycles. The minimum absolute atomic E-state index is 0.121. The normalized spacial score (nSPS) is 21.1. The Labute approximate surface area is 101 Å². The zero-order valence-corrected chi connectivity index (χ0v) is 9.98. The summed E-state index contributed by atoms with van der Waals surface area (Å²) in [5.74, 6) is -0.343. The van der Waals surface area contributed by atoms with E-state index in [1.54, 1.807) is 24.3 Å². The topological polar surface area (TPSA) is 64.3 Å². The fraction of sp³-hybridized carbons (Fsp3) is 0.462. The standard InChI is InChI=1S/C13H18N2O2/c1-9(12-7-4-8-15-12)17-13(16)10-5-2-3-6-11(10)14/h2-3,5-6,9,12,15H,4,7-8,14H2,1H3. The van der Waals surface area contributed by atoms with Crippen molar-refractivity contribution in [2.75, 3.05) is 12.3 Å². The summed E-state index contributed by atoms with van der Waals surface area (Å²) in [6.45, 7) is 2.92. The summed E-state index contributed by atoms with van der Waals surface area (Å²) < 4.78 is 5.42. The minimum Gasteiger partial charge on any atom is -0.457 e. The lowest BCUT2D eigenvalue weighted by atomic mass is 10.1. The van der Waals surface area contributed by atoms with Crippen molar-refractivity contribution in [2.24, 2.45) is 0 Å². The molecule has 2 unspecified atom stereocenters. The van der Waals surface area contributed by atoms with E-state index < -0.39 is 0 Å². The number of benzene rings is 1. The van der Waals surface area contributed by atoms with Gasteiger partial charge in [-0.15, -0.1) is 0 Å². The van der Waals surface area contributed by atoms with Gasteiger partial charge in [-0.3, -0.25) is 0 Å². The lowest BCUT2D eigenvalue weighted by Crippen LogP contribution is -2.36. The van der Waals surface area contributed by atoms with E-state index in [1.807, 2.05) is 6.92 Å². The van der Waals surface area contributed by atoms with Gasteiger partial charge < -0.3 is 15.8 Å². The first-order valence-electron chi connectivity index (χ1n) is 5.97. The average Bonchev–Trinajstić information content (AvgIpc) is 2.82. The number of nitrogens with two attached hydrogens (primary N) is 1. The number of anilines is 1. The quantitative estimate of drug-likeness (QED) is 0.615. The monoisotopic (exact) mass is 234 g/mol. The lowest BCUT2D eigenvalue weighted by molar-refractivity contribution is 0.0270. The van der Waals surface area contributed by atoms with Crippen LogP contribution in [0.1, 0.15) is 30.1 Å². The van der Waals surface area contributed by atoms with Crippen LogP contribution in [0.15, 0.2) is 24.3 Å². The molecule has 1 aliphatic rings. The first-order chi connectivity index (χ1) is 8.18. The molecule has 0 radical (unpaired) electrons. The number of esters is 1. The van der Waals surface area contributed by atoms with E-state index in [1.165, 1.54) is 0 Å². The number of hydrogen-bond donors (Lipinski definition) is 2. The van der Waals surface area contributed by atoms with Crippen LogP contribution < -0.4 is 11.1 Å². The maximum atomic E-state index is 11.9. The summed E-state index contributed by atoms with van der Waals surface area (Å²) in [6.07, 6.45) is 2.07. The van der Waals surface area contributed by atoms with Gasteiger partial charge in [-0.1, -0.05) is 12.1 Å². The van der Waals surface area contributed by atoms with Crippen molar-refractivity contribution < 1.29 is 9.53 Å². The van der Waals surface area contributed by atoms with Gasteiger partial charge in [0, 0.05) is 11.7 Å². The molecule has 4 nitrogen and oxygen atoms in total. The second-order valence-electron chi connectivity index (χ2n) is 4.40. The molecule has 3 N–H and O–H groups in total. The number of carbonyl (C=O) groups excluding carboxylic acids is 1. The summed E-state index contributed by atoms with van der Waals surface area (Å²) in [4.78, 5) is 11.9. The van der Waals surface area contributed by atoms with Crippen LogP contribution in [-0.4, -0.2) is 24.7 Å². The Morgan fingerprint density at radius 3 is 2.94 bits per heavy atom. The molecular weight excluding hydrogens is 216 g/mol. The van der Waals surface area contributed by atoms with E-state index in [4.69, 9.17) is 10.5 Å². The number of hydrogen-bond acceptors (Lipinski definition) is 4. The van der Waals surface area contributed by atoms with E-state index in [0.717, 1.165) is 19.4 Å². The highest BCUT2D eigenvalue weighted by Crippen LogP contribution is 2.16. The van der Waals surface area contributed by atoms with Crippen LogP contribution >= 0.6 is 0 Å². The Morgan fingerprint density at radius 2 is 2.29 bits per heavy atom. The molecule has 1 aromatic rings. The molecule has 0 aromatic heterocycles. The maximum absolute atomic E-state index is 11.9. The van der Waals surface area contributed by atoms with Gasteiger partial charge >= 0.3 is 5.97 Å². The van der Waals surface area contributed by atoms with Crippen molar-refractivity contribution in [3.05, 3.63) is 29.8 Å². The summed E-state index contributed by atoms with van der Waals surface area (Å²) >= 11 is 0. The van der Waals surface area contributed by atoms with Gasteiger partial charge in [-0.2, -0.15) is 0 Å². The smallest absolute Gasteiger partial charge is 0.340 e. The van der Waals surface area contributed by atoms with E-state index in [9.17, 15) is 4.79 Å². The van der Waals surface area contributed by atoms with Crippen LogP contribution in [0.25, 0.3) is 0 Å². The van der Waals surface area contributed by atoms with E-state index >= 15 is 0 Å². The van der Waals surface area contributed by atoms with Crippen molar-refractivity contribution in [1.82, 2.24) is 5.32 Å². The number of para-hydroxylation sites is 1. The molecular formula is C13H18N2O2. The third-order valence-corrected chi connectivity index (χ3v) is 3.14. The van der Waals surface area contributed by atoms with Crippen molar-refractivity contribution in [3.8, 4) is 0 Å². The van der Waals surface area contributed by atoms with Crippen LogP contribution in [-0.2, 0) is 4.74 Å². The molecule has 1 aliphatic heterocycles. The van der Waals surface area contributed by atoms with Crippen molar-refractivity contribution in [2.45, 2.75) is 31.9 Å². The summed E-state index contributed by atoms with van der Waals surface area (Å²) in [7, 11) is 0. The van der Waals surface area contributed by atoms with Crippen LogP contribution in [0.3, 0.4) is 0 Å². The van der Waals surface area contributed by atoms with Crippen LogP contribution in [0, 0.1) is 0 Å². The van der Waals surface area contributed by atoms with Crippen LogP contribution in [0.4, 0.5) is 5.69 Å². The maximum Gasteiger partial charge on any atom is 0.340 e. The van der Waals surface area contributed by atoms with Gasteiger partial charge in [0.2, 0.25) is 0 Å². The Kier molecular flexibility index (Phi) is 3.64. The van der Waals surface area contributed by atoms with E-state index in [-0.39, 0.29) is 18.1 Å². The minimum atomic E-state index is -0.343. The molecule has 1 saturated heterocycles. The molecule has 0 amide bonds. The third kappa shape index (κ3) is 2.77. The lowest BCUT2D eigenvalue weighted by Gasteiger charge is -2.20. The fourth-order valence-electron chi connectivity index (χ4n) is 2.11. The van der Waals surface area contributed by atoms with Crippen LogP contribution in [0.2, 0.25) is 0 Å². The Balaban J connectivity index is 1.99. The molecule has 2 rings (SSSR count). The van der Waals surface area contributed by atoms with Gasteiger partial charge in [-0.05, 0) is 38.4 Å². The first kappa shape index (κ1) is 11.9.